The molecular weight excluding hydrogens is 382 g/mol. The first-order chi connectivity index (χ1) is 14.1. The number of hydrogen-bond donors (Lipinski definition) is 0. The molecule has 2 aliphatic rings. The molecular formula is C23H25N3O2S. The third-order valence-electron chi connectivity index (χ3n) is 6.10. The van der Waals surface area contributed by atoms with Gasteiger partial charge in [0.2, 0.25) is 5.91 Å². The fourth-order valence-corrected chi connectivity index (χ4v) is 5.84. The Bertz CT molecular complexity index is 1150. The van der Waals surface area contributed by atoms with Crippen LogP contribution in [0.15, 0.2) is 29.1 Å². The maximum absolute atomic E-state index is 13.6. The van der Waals surface area contributed by atoms with E-state index in [0.29, 0.717) is 5.82 Å². The van der Waals surface area contributed by atoms with Gasteiger partial charge in [-0.25, -0.2) is 4.98 Å². The van der Waals surface area contributed by atoms with Crippen molar-refractivity contribution in [2.45, 2.75) is 52.0 Å². The second kappa shape index (κ2) is 7.41. The molecule has 2 aromatic heterocycles. The largest absolute Gasteiger partial charge is 0.341 e. The summed E-state index contributed by atoms with van der Waals surface area (Å²) in [6.07, 6.45) is 6.34. The molecule has 1 saturated heterocycles. The molecule has 0 bridgehead atoms. The monoisotopic (exact) mass is 407 g/mol. The predicted octanol–water partition coefficient (Wildman–Crippen LogP) is 3.93. The zero-order valence-corrected chi connectivity index (χ0v) is 17.6. The highest BCUT2D eigenvalue weighted by Gasteiger charge is 2.25. The average molecular weight is 408 g/mol. The van der Waals surface area contributed by atoms with Crippen LogP contribution in [0.3, 0.4) is 0 Å². The molecule has 0 unspecified atom stereocenters. The first-order valence-electron chi connectivity index (χ1n) is 10.5. The summed E-state index contributed by atoms with van der Waals surface area (Å²) >= 11 is 1.66. The van der Waals surface area contributed by atoms with Crippen LogP contribution in [-0.2, 0) is 24.2 Å². The number of fused-ring (bicyclic) bond motifs is 3. The predicted molar refractivity (Wildman–Crippen MR) is 117 cm³/mol. The number of rotatable bonds is 3. The zero-order valence-electron chi connectivity index (χ0n) is 16.7. The third-order valence-corrected chi connectivity index (χ3v) is 7.29. The van der Waals surface area contributed by atoms with Gasteiger partial charge in [0.05, 0.1) is 5.39 Å². The van der Waals surface area contributed by atoms with Crippen molar-refractivity contribution in [2.24, 2.45) is 0 Å². The molecule has 0 N–H and O–H groups in total. The molecule has 6 heteroatoms. The van der Waals surface area contributed by atoms with Crippen LogP contribution < -0.4 is 5.56 Å². The molecule has 1 aliphatic heterocycles. The van der Waals surface area contributed by atoms with Crippen molar-refractivity contribution < 1.29 is 4.79 Å². The Morgan fingerprint density at radius 2 is 1.93 bits per heavy atom. The number of hydrogen-bond acceptors (Lipinski definition) is 4. The summed E-state index contributed by atoms with van der Waals surface area (Å²) in [5.41, 5.74) is 3.12. The van der Waals surface area contributed by atoms with Gasteiger partial charge in [-0.3, -0.25) is 14.2 Å². The van der Waals surface area contributed by atoms with Gasteiger partial charge in [0.15, 0.2) is 0 Å². The number of likely N-dealkylation sites (tertiary alicyclic amines) is 1. The smallest absolute Gasteiger partial charge is 0.263 e. The van der Waals surface area contributed by atoms with Crippen LogP contribution in [0, 0.1) is 6.92 Å². The summed E-state index contributed by atoms with van der Waals surface area (Å²) in [4.78, 5) is 35.5. The fourth-order valence-electron chi connectivity index (χ4n) is 4.59. The van der Waals surface area contributed by atoms with Gasteiger partial charge in [0, 0.05) is 23.5 Å². The van der Waals surface area contributed by atoms with Crippen molar-refractivity contribution in [3.05, 3.63) is 50.6 Å². The van der Waals surface area contributed by atoms with E-state index in [0.717, 1.165) is 66.5 Å². The molecule has 0 saturated carbocycles. The summed E-state index contributed by atoms with van der Waals surface area (Å²) in [5.74, 6) is 0.626. The quantitative estimate of drug-likeness (QED) is 0.661. The number of benzene rings is 1. The van der Waals surface area contributed by atoms with E-state index in [-0.39, 0.29) is 18.0 Å². The highest BCUT2D eigenvalue weighted by molar-refractivity contribution is 7.18. The summed E-state index contributed by atoms with van der Waals surface area (Å²) in [7, 11) is 0. The van der Waals surface area contributed by atoms with Gasteiger partial charge in [0.25, 0.3) is 5.56 Å². The minimum Gasteiger partial charge on any atom is -0.341 e. The first kappa shape index (κ1) is 18.6. The minimum atomic E-state index is -0.0570. The Morgan fingerprint density at radius 1 is 1.14 bits per heavy atom. The van der Waals surface area contributed by atoms with Crippen LogP contribution in [0.2, 0.25) is 0 Å². The third kappa shape index (κ3) is 3.29. The Kier molecular flexibility index (Phi) is 4.74. The molecule has 1 aromatic carbocycles. The molecule has 1 fully saturated rings. The van der Waals surface area contributed by atoms with Crippen molar-refractivity contribution in [1.29, 1.82) is 0 Å². The standard InChI is InChI=1S/C23H25N3O2S/c1-15-7-6-8-16(13-15)21-24-22-20(17-9-2-3-10-18(17)29-22)23(28)26(21)14-19(27)25-11-4-5-12-25/h6-8,13H,2-5,9-12,14H2,1H3. The zero-order chi connectivity index (χ0) is 20.0. The molecule has 150 valence electrons. The number of nitrogens with zero attached hydrogens (tertiary/aromatic N) is 3. The second-order valence-electron chi connectivity index (χ2n) is 8.18. The molecule has 0 spiro atoms. The van der Waals surface area contributed by atoms with Gasteiger partial charge in [-0.1, -0.05) is 23.8 Å². The van der Waals surface area contributed by atoms with E-state index in [2.05, 4.69) is 0 Å². The van der Waals surface area contributed by atoms with Gasteiger partial charge in [0.1, 0.15) is 17.2 Å². The summed E-state index contributed by atoms with van der Waals surface area (Å²) in [6, 6.07) is 8.03. The SMILES string of the molecule is Cc1cccc(-c2nc3sc4c(c3c(=O)n2CC(=O)N2CCCC2)CCCC4)c1. The lowest BCUT2D eigenvalue weighted by Gasteiger charge is -2.18. The highest BCUT2D eigenvalue weighted by Crippen LogP contribution is 2.35. The van der Waals surface area contributed by atoms with Gasteiger partial charge in [-0.15, -0.1) is 11.3 Å². The fraction of sp³-hybridized carbons (Fsp3) is 0.435. The summed E-state index contributed by atoms with van der Waals surface area (Å²) in [6.45, 7) is 3.67. The van der Waals surface area contributed by atoms with Gasteiger partial charge < -0.3 is 4.90 Å². The Labute approximate surface area is 174 Å². The molecule has 5 nitrogen and oxygen atoms in total. The maximum Gasteiger partial charge on any atom is 0.263 e. The van der Waals surface area contributed by atoms with E-state index < -0.39 is 0 Å². The molecule has 3 aromatic rings. The number of thiophene rings is 1. The Balaban J connectivity index is 1.70. The molecule has 0 atom stereocenters. The number of aromatic nitrogens is 2. The molecule has 3 heterocycles. The minimum absolute atomic E-state index is 0.0174. The molecule has 29 heavy (non-hydrogen) atoms. The number of aryl methyl sites for hydroxylation is 3. The van der Waals surface area contributed by atoms with Crippen LogP contribution in [-0.4, -0.2) is 33.4 Å². The van der Waals surface area contributed by atoms with E-state index in [1.807, 2.05) is 36.1 Å². The van der Waals surface area contributed by atoms with Crippen molar-refractivity contribution in [1.82, 2.24) is 14.5 Å². The number of carbonyl (C=O) groups excluding carboxylic acids is 1. The van der Waals surface area contributed by atoms with Gasteiger partial charge in [-0.2, -0.15) is 0 Å². The van der Waals surface area contributed by atoms with E-state index in [1.165, 1.54) is 16.9 Å². The van der Waals surface area contributed by atoms with Crippen LogP contribution >= 0.6 is 11.3 Å². The van der Waals surface area contributed by atoms with Crippen LogP contribution in [0.4, 0.5) is 0 Å². The van der Waals surface area contributed by atoms with Crippen molar-refractivity contribution in [3.63, 3.8) is 0 Å². The van der Waals surface area contributed by atoms with Crippen LogP contribution in [0.1, 0.15) is 41.7 Å². The number of carbonyl (C=O) groups is 1. The lowest BCUT2D eigenvalue weighted by Crippen LogP contribution is -2.35. The van der Waals surface area contributed by atoms with Gasteiger partial charge >= 0.3 is 0 Å². The first-order valence-corrected chi connectivity index (χ1v) is 11.3. The number of amides is 1. The average Bonchev–Trinajstić information content (AvgIpc) is 3.37. The lowest BCUT2D eigenvalue weighted by atomic mass is 9.97. The molecule has 0 radical (unpaired) electrons. The topological polar surface area (TPSA) is 55.2 Å². The Hall–Kier alpha value is -2.47. The summed E-state index contributed by atoms with van der Waals surface area (Å²) in [5, 5.41) is 0.746. The van der Waals surface area contributed by atoms with E-state index >= 15 is 0 Å². The van der Waals surface area contributed by atoms with E-state index in [1.54, 1.807) is 15.9 Å². The normalized spacial score (nSPS) is 16.4. The van der Waals surface area contributed by atoms with Crippen molar-refractivity contribution in [2.75, 3.05) is 13.1 Å². The molecule has 1 amide bonds. The van der Waals surface area contributed by atoms with Crippen LogP contribution in [0.25, 0.3) is 21.6 Å². The van der Waals surface area contributed by atoms with Crippen LogP contribution in [0.5, 0.6) is 0 Å². The van der Waals surface area contributed by atoms with Crippen molar-refractivity contribution in [3.8, 4) is 11.4 Å². The van der Waals surface area contributed by atoms with Gasteiger partial charge in [-0.05, 0) is 57.1 Å². The highest BCUT2D eigenvalue weighted by atomic mass is 32.1. The lowest BCUT2D eigenvalue weighted by molar-refractivity contribution is -0.130. The second-order valence-corrected chi connectivity index (χ2v) is 9.26. The maximum atomic E-state index is 13.6. The molecule has 5 rings (SSSR count). The van der Waals surface area contributed by atoms with Crippen molar-refractivity contribution >= 4 is 27.5 Å². The van der Waals surface area contributed by atoms with E-state index in [9.17, 15) is 9.59 Å². The Morgan fingerprint density at radius 3 is 2.72 bits per heavy atom. The molecule has 1 aliphatic carbocycles. The van der Waals surface area contributed by atoms with E-state index in [4.69, 9.17) is 4.98 Å². The summed E-state index contributed by atoms with van der Waals surface area (Å²) < 4.78 is 1.62.